The largest absolute Gasteiger partial charge is 0.487 e. The fraction of sp³-hybridized carbons (Fsp3) is 0.480. The standard InChI is InChI=1S/C25H33N3O2/c1-4-28(5-2)20-12-10-19(11-13-20)24(29)26-22-18-25(14-16-27(3)17-15-25)30-23-9-7-6-8-21(22)23/h6-13,22H,4-5,14-18H2,1-3H3,(H,26,29). The number of anilines is 1. The number of benzene rings is 2. The van der Waals surface area contributed by atoms with Crippen LogP contribution in [-0.2, 0) is 0 Å². The maximum atomic E-state index is 13.1. The fourth-order valence-corrected chi connectivity index (χ4v) is 4.73. The van der Waals surface area contributed by atoms with Crippen LogP contribution in [0.5, 0.6) is 5.75 Å². The van der Waals surface area contributed by atoms with Gasteiger partial charge in [-0.05, 0) is 64.1 Å². The molecule has 2 aromatic carbocycles. The van der Waals surface area contributed by atoms with Crippen LogP contribution in [0.25, 0.3) is 0 Å². The van der Waals surface area contributed by atoms with Crippen LogP contribution in [0.1, 0.15) is 55.1 Å². The second kappa shape index (κ2) is 8.68. The highest BCUT2D eigenvalue weighted by Crippen LogP contribution is 2.44. The van der Waals surface area contributed by atoms with Gasteiger partial charge in [-0.1, -0.05) is 18.2 Å². The molecule has 0 aliphatic carbocycles. The van der Waals surface area contributed by atoms with Crippen LogP contribution in [0.4, 0.5) is 5.69 Å². The van der Waals surface area contributed by atoms with Crippen LogP contribution >= 0.6 is 0 Å². The van der Waals surface area contributed by atoms with E-state index in [1.54, 1.807) is 0 Å². The summed E-state index contributed by atoms with van der Waals surface area (Å²) in [7, 11) is 2.16. The lowest BCUT2D eigenvalue weighted by atomic mass is 9.80. The van der Waals surface area contributed by atoms with Crippen LogP contribution in [0, 0.1) is 0 Å². The number of piperidine rings is 1. The number of para-hydroxylation sites is 1. The Bertz CT molecular complexity index is 868. The van der Waals surface area contributed by atoms with E-state index < -0.39 is 0 Å². The number of amides is 1. The second-order valence-electron chi connectivity index (χ2n) is 8.58. The van der Waals surface area contributed by atoms with Gasteiger partial charge in [0, 0.05) is 49.4 Å². The van der Waals surface area contributed by atoms with E-state index in [1.165, 1.54) is 0 Å². The first-order valence-corrected chi connectivity index (χ1v) is 11.2. The van der Waals surface area contributed by atoms with Gasteiger partial charge in [-0.3, -0.25) is 4.79 Å². The molecule has 0 aromatic heterocycles. The van der Waals surface area contributed by atoms with E-state index in [1.807, 2.05) is 42.5 Å². The van der Waals surface area contributed by atoms with Gasteiger partial charge in [0.25, 0.3) is 5.91 Å². The Morgan fingerprint density at radius 3 is 2.43 bits per heavy atom. The first kappa shape index (κ1) is 20.7. The van der Waals surface area contributed by atoms with Crippen molar-refractivity contribution in [2.75, 3.05) is 38.1 Å². The zero-order chi connectivity index (χ0) is 21.1. The number of fused-ring (bicyclic) bond motifs is 1. The Hall–Kier alpha value is -2.53. The van der Waals surface area contributed by atoms with Crippen LogP contribution in [0.15, 0.2) is 48.5 Å². The molecule has 160 valence electrons. The zero-order valence-electron chi connectivity index (χ0n) is 18.4. The maximum absolute atomic E-state index is 13.1. The Morgan fingerprint density at radius 2 is 1.77 bits per heavy atom. The van der Waals surface area contributed by atoms with Gasteiger partial charge in [0.15, 0.2) is 0 Å². The molecule has 0 bridgehead atoms. The Labute approximate surface area is 180 Å². The van der Waals surface area contributed by atoms with E-state index in [0.717, 1.165) is 62.4 Å². The van der Waals surface area contributed by atoms with E-state index in [-0.39, 0.29) is 17.6 Å². The lowest BCUT2D eigenvalue weighted by molar-refractivity contribution is -0.0195. The van der Waals surface area contributed by atoms with Gasteiger partial charge in [-0.15, -0.1) is 0 Å². The second-order valence-corrected chi connectivity index (χ2v) is 8.58. The minimum atomic E-state index is -0.189. The van der Waals surface area contributed by atoms with E-state index in [2.05, 4.69) is 42.1 Å². The molecule has 5 nitrogen and oxygen atoms in total. The molecule has 1 atom stereocenters. The van der Waals surface area contributed by atoms with Crippen LogP contribution < -0.4 is 15.0 Å². The molecule has 1 amide bonds. The van der Waals surface area contributed by atoms with Crippen LogP contribution in [-0.4, -0.2) is 49.6 Å². The van der Waals surface area contributed by atoms with Crippen molar-refractivity contribution in [3.63, 3.8) is 0 Å². The number of rotatable bonds is 5. The molecule has 0 saturated carbocycles. The van der Waals surface area contributed by atoms with Gasteiger partial charge in [-0.25, -0.2) is 0 Å². The quantitative estimate of drug-likeness (QED) is 0.805. The van der Waals surface area contributed by atoms with Crippen molar-refractivity contribution in [1.29, 1.82) is 0 Å². The van der Waals surface area contributed by atoms with Crippen molar-refractivity contribution < 1.29 is 9.53 Å². The number of nitrogens with zero attached hydrogens (tertiary/aromatic N) is 2. The molecule has 30 heavy (non-hydrogen) atoms. The number of likely N-dealkylation sites (tertiary alicyclic amines) is 1. The number of ether oxygens (including phenoxy) is 1. The predicted molar refractivity (Wildman–Crippen MR) is 121 cm³/mol. The Balaban J connectivity index is 1.53. The highest BCUT2D eigenvalue weighted by Gasteiger charge is 2.43. The molecule has 1 N–H and O–H groups in total. The van der Waals surface area contributed by atoms with E-state index in [9.17, 15) is 4.79 Å². The van der Waals surface area contributed by atoms with Crippen molar-refractivity contribution >= 4 is 11.6 Å². The maximum Gasteiger partial charge on any atom is 0.251 e. The van der Waals surface area contributed by atoms with Gasteiger partial charge in [0.1, 0.15) is 11.4 Å². The molecular weight excluding hydrogens is 374 g/mol. The molecule has 2 heterocycles. The summed E-state index contributed by atoms with van der Waals surface area (Å²) in [5.41, 5.74) is 2.74. The van der Waals surface area contributed by atoms with Gasteiger partial charge < -0.3 is 19.9 Å². The summed E-state index contributed by atoms with van der Waals surface area (Å²) in [6, 6.07) is 16.0. The molecule has 1 unspecified atom stereocenters. The Morgan fingerprint density at radius 1 is 1.10 bits per heavy atom. The van der Waals surface area contributed by atoms with Crippen molar-refractivity contribution in [3.8, 4) is 5.75 Å². The number of hydrogen-bond acceptors (Lipinski definition) is 4. The van der Waals surface area contributed by atoms with Gasteiger partial charge in [0.2, 0.25) is 0 Å². The van der Waals surface area contributed by atoms with Crippen LogP contribution in [0.3, 0.4) is 0 Å². The third-order valence-electron chi connectivity index (χ3n) is 6.66. The number of nitrogens with one attached hydrogen (secondary N) is 1. The van der Waals surface area contributed by atoms with E-state index in [4.69, 9.17) is 4.74 Å². The molecule has 1 fully saturated rings. The molecule has 2 aliphatic heterocycles. The van der Waals surface area contributed by atoms with Gasteiger partial charge >= 0.3 is 0 Å². The molecule has 5 heteroatoms. The fourth-order valence-electron chi connectivity index (χ4n) is 4.73. The third-order valence-corrected chi connectivity index (χ3v) is 6.66. The normalized spacial score (nSPS) is 20.3. The third kappa shape index (κ3) is 4.17. The van der Waals surface area contributed by atoms with Crippen molar-refractivity contribution in [3.05, 3.63) is 59.7 Å². The first-order chi connectivity index (χ1) is 14.5. The van der Waals surface area contributed by atoms with Crippen molar-refractivity contribution in [2.24, 2.45) is 0 Å². The summed E-state index contributed by atoms with van der Waals surface area (Å²) in [5.74, 6) is 0.890. The lowest BCUT2D eigenvalue weighted by Crippen LogP contribution is -2.51. The van der Waals surface area contributed by atoms with Gasteiger partial charge in [0.05, 0.1) is 6.04 Å². The molecule has 1 saturated heterocycles. The van der Waals surface area contributed by atoms with E-state index in [0.29, 0.717) is 5.56 Å². The van der Waals surface area contributed by atoms with E-state index >= 15 is 0 Å². The summed E-state index contributed by atoms with van der Waals surface area (Å²) in [5, 5.41) is 3.30. The lowest BCUT2D eigenvalue weighted by Gasteiger charge is -2.46. The number of carbonyl (C=O) groups excluding carboxylic acids is 1. The first-order valence-electron chi connectivity index (χ1n) is 11.2. The van der Waals surface area contributed by atoms with Crippen LogP contribution in [0.2, 0.25) is 0 Å². The highest BCUT2D eigenvalue weighted by atomic mass is 16.5. The average Bonchev–Trinajstić information content (AvgIpc) is 2.77. The predicted octanol–water partition coefficient (Wildman–Crippen LogP) is 4.25. The molecule has 0 radical (unpaired) electrons. The summed E-state index contributed by atoms with van der Waals surface area (Å²) < 4.78 is 6.51. The molecule has 2 aromatic rings. The smallest absolute Gasteiger partial charge is 0.251 e. The summed E-state index contributed by atoms with van der Waals surface area (Å²) >= 11 is 0. The highest BCUT2D eigenvalue weighted by molar-refractivity contribution is 5.94. The molecule has 4 rings (SSSR count). The van der Waals surface area contributed by atoms with Gasteiger partial charge in [-0.2, -0.15) is 0 Å². The SMILES string of the molecule is CCN(CC)c1ccc(C(=O)NC2CC3(CCN(C)CC3)Oc3ccccc32)cc1. The number of carbonyl (C=O) groups is 1. The molecule has 2 aliphatic rings. The summed E-state index contributed by atoms with van der Waals surface area (Å²) in [6.07, 6.45) is 2.80. The molecular formula is C25H33N3O2. The summed E-state index contributed by atoms with van der Waals surface area (Å²) in [4.78, 5) is 17.7. The summed E-state index contributed by atoms with van der Waals surface area (Å²) in [6.45, 7) is 8.25. The van der Waals surface area contributed by atoms with Crippen molar-refractivity contribution in [1.82, 2.24) is 10.2 Å². The average molecular weight is 408 g/mol. The Kier molecular flexibility index (Phi) is 6.00. The minimum absolute atomic E-state index is 0.0223. The zero-order valence-corrected chi connectivity index (χ0v) is 18.4. The topological polar surface area (TPSA) is 44.8 Å². The monoisotopic (exact) mass is 407 g/mol. The van der Waals surface area contributed by atoms with Crippen molar-refractivity contribution in [2.45, 2.75) is 44.8 Å². The molecule has 1 spiro atoms. The number of hydrogen-bond donors (Lipinski definition) is 1. The minimum Gasteiger partial charge on any atom is -0.487 e.